The Labute approximate surface area is 125 Å². The molecule has 9 heteroatoms. The lowest BCUT2D eigenvalue weighted by molar-refractivity contribution is -0.385. The van der Waals surface area contributed by atoms with Gasteiger partial charge in [0.1, 0.15) is 6.04 Å². The van der Waals surface area contributed by atoms with E-state index < -0.39 is 35.3 Å². The average molecular weight is 309 g/mol. The highest BCUT2D eigenvalue weighted by atomic mass is 16.6. The van der Waals surface area contributed by atoms with Crippen LogP contribution in [0.5, 0.6) is 0 Å². The van der Waals surface area contributed by atoms with E-state index >= 15 is 0 Å². The van der Waals surface area contributed by atoms with E-state index in [1.165, 1.54) is 32.0 Å². The van der Waals surface area contributed by atoms with E-state index in [9.17, 15) is 24.5 Å². The summed E-state index contributed by atoms with van der Waals surface area (Å²) in [5, 5.41) is 23.8. The summed E-state index contributed by atoms with van der Waals surface area (Å²) >= 11 is 0. The number of aryl methyl sites for hydroxylation is 1. The molecule has 0 saturated carbocycles. The van der Waals surface area contributed by atoms with Crippen LogP contribution < -0.4 is 10.6 Å². The molecule has 0 bridgehead atoms. The van der Waals surface area contributed by atoms with Gasteiger partial charge in [0.05, 0.1) is 11.5 Å². The monoisotopic (exact) mass is 309 g/mol. The summed E-state index contributed by atoms with van der Waals surface area (Å²) < 4.78 is 0. The van der Waals surface area contributed by atoms with Crippen LogP contribution in [0.1, 0.15) is 22.8 Å². The zero-order chi connectivity index (χ0) is 16.9. The van der Waals surface area contributed by atoms with Gasteiger partial charge in [-0.2, -0.15) is 0 Å². The van der Waals surface area contributed by atoms with Crippen molar-refractivity contribution >= 4 is 23.5 Å². The fourth-order valence-electron chi connectivity index (χ4n) is 1.62. The lowest BCUT2D eigenvalue weighted by atomic mass is 10.1. The van der Waals surface area contributed by atoms with E-state index in [-0.39, 0.29) is 11.3 Å². The second-order valence-corrected chi connectivity index (χ2v) is 4.57. The molecule has 0 aliphatic rings. The molecule has 0 aliphatic carbocycles. The minimum Gasteiger partial charge on any atom is -0.480 e. The van der Waals surface area contributed by atoms with Crippen molar-refractivity contribution in [3.8, 4) is 0 Å². The van der Waals surface area contributed by atoms with Gasteiger partial charge in [0.25, 0.3) is 11.6 Å². The van der Waals surface area contributed by atoms with E-state index in [4.69, 9.17) is 5.11 Å². The van der Waals surface area contributed by atoms with Crippen molar-refractivity contribution < 1.29 is 24.4 Å². The van der Waals surface area contributed by atoms with Gasteiger partial charge >= 0.3 is 5.97 Å². The number of carboxylic acid groups (broad SMARTS) is 1. The maximum absolute atomic E-state index is 11.8. The quantitative estimate of drug-likeness (QED) is 0.507. The summed E-state index contributed by atoms with van der Waals surface area (Å²) in [6, 6.07) is 2.76. The van der Waals surface area contributed by atoms with Crippen molar-refractivity contribution in [1.82, 2.24) is 10.6 Å². The maximum Gasteiger partial charge on any atom is 0.325 e. The third-order valence-corrected chi connectivity index (χ3v) is 2.81. The highest BCUT2D eigenvalue weighted by molar-refractivity contribution is 5.97. The van der Waals surface area contributed by atoms with E-state index in [1.807, 2.05) is 0 Å². The summed E-state index contributed by atoms with van der Waals surface area (Å²) in [4.78, 5) is 43.9. The number of carbonyl (C=O) groups is 3. The molecule has 1 aromatic rings. The summed E-state index contributed by atoms with van der Waals surface area (Å²) in [5.41, 5.74) is 0.383. The third kappa shape index (κ3) is 4.54. The number of carboxylic acids is 1. The molecule has 0 aromatic heterocycles. The van der Waals surface area contributed by atoms with Gasteiger partial charge in [-0.3, -0.25) is 24.5 Å². The summed E-state index contributed by atoms with van der Waals surface area (Å²) in [5.74, 6) is -2.43. The minimum atomic E-state index is -1.19. The highest BCUT2D eigenvalue weighted by Gasteiger charge is 2.16. The van der Waals surface area contributed by atoms with E-state index in [0.29, 0.717) is 5.56 Å². The number of carbonyl (C=O) groups excluding carboxylic acids is 2. The van der Waals surface area contributed by atoms with Crippen LogP contribution >= 0.6 is 0 Å². The molecule has 0 fully saturated rings. The van der Waals surface area contributed by atoms with E-state index in [0.717, 1.165) is 0 Å². The van der Waals surface area contributed by atoms with Crippen molar-refractivity contribution in [3.63, 3.8) is 0 Å². The molecular formula is C13H15N3O6. The standard InChI is InChI=1S/C13H15N3O6/c1-7-5-9(3-4-10(7)16(21)22)12(18)14-6-11(17)15-8(2)13(19)20/h3-5,8H,6H2,1-2H3,(H,14,18)(H,15,17)(H,19,20)/t8-/m0/s1. The Balaban J connectivity index is 2.63. The normalized spacial score (nSPS) is 11.4. The zero-order valence-electron chi connectivity index (χ0n) is 12.0. The topological polar surface area (TPSA) is 139 Å². The number of nitrogens with one attached hydrogen (secondary N) is 2. The Bertz CT molecular complexity index is 628. The number of aliphatic carboxylic acids is 1. The molecular weight excluding hydrogens is 294 g/mol. The van der Waals surface area contributed by atoms with Gasteiger partial charge in [0.15, 0.2) is 0 Å². The minimum absolute atomic E-state index is 0.107. The van der Waals surface area contributed by atoms with Crippen molar-refractivity contribution in [3.05, 3.63) is 39.4 Å². The van der Waals surface area contributed by atoms with Crippen LogP contribution in [0.3, 0.4) is 0 Å². The van der Waals surface area contributed by atoms with Crippen LogP contribution in [0.25, 0.3) is 0 Å². The Kier molecular flexibility index (Phi) is 5.56. The molecule has 118 valence electrons. The van der Waals surface area contributed by atoms with Crippen LogP contribution in [-0.2, 0) is 9.59 Å². The van der Waals surface area contributed by atoms with E-state index in [1.54, 1.807) is 0 Å². The SMILES string of the molecule is Cc1cc(C(=O)NCC(=O)N[C@@H](C)C(=O)O)ccc1[N+](=O)[O-]. The first-order valence-electron chi connectivity index (χ1n) is 6.27. The average Bonchev–Trinajstić information content (AvgIpc) is 2.43. The van der Waals surface area contributed by atoms with Gasteiger partial charge in [-0.25, -0.2) is 0 Å². The van der Waals surface area contributed by atoms with Crippen LogP contribution in [0, 0.1) is 17.0 Å². The molecule has 1 atom stereocenters. The number of benzene rings is 1. The number of hydrogen-bond donors (Lipinski definition) is 3. The van der Waals surface area contributed by atoms with Crippen molar-refractivity contribution in [2.24, 2.45) is 0 Å². The van der Waals surface area contributed by atoms with Crippen molar-refractivity contribution in [1.29, 1.82) is 0 Å². The van der Waals surface area contributed by atoms with E-state index in [2.05, 4.69) is 10.6 Å². The second-order valence-electron chi connectivity index (χ2n) is 4.57. The predicted molar refractivity (Wildman–Crippen MR) is 75.4 cm³/mol. The highest BCUT2D eigenvalue weighted by Crippen LogP contribution is 2.18. The van der Waals surface area contributed by atoms with Gasteiger partial charge in [-0.05, 0) is 26.0 Å². The van der Waals surface area contributed by atoms with Crippen LogP contribution in [0.15, 0.2) is 18.2 Å². The van der Waals surface area contributed by atoms with Crippen LogP contribution in [0.4, 0.5) is 5.69 Å². The molecule has 9 nitrogen and oxygen atoms in total. The number of rotatable bonds is 6. The first-order valence-corrected chi connectivity index (χ1v) is 6.27. The van der Waals surface area contributed by atoms with Gasteiger partial charge in [0.2, 0.25) is 5.91 Å². The summed E-state index contributed by atoms with van der Waals surface area (Å²) in [7, 11) is 0. The molecule has 0 radical (unpaired) electrons. The second kappa shape index (κ2) is 7.16. The van der Waals surface area contributed by atoms with Gasteiger partial charge < -0.3 is 15.7 Å². The Morgan fingerprint density at radius 1 is 1.36 bits per heavy atom. The number of nitrogens with zero attached hydrogens (tertiary/aromatic N) is 1. The molecule has 1 rings (SSSR count). The Morgan fingerprint density at radius 2 is 2.00 bits per heavy atom. The third-order valence-electron chi connectivity index (χ3n) is 2.81. The molecule has 1 aromatic carbocycles. The molecule has 22 heavy (non-hydrogen) atoms. The van der Waals surface area contributed by atoms with Gasteiger partial charge in [-0.1, -0.05) is 0 Å². The number of amides is 2. The largest absolute Gasteiger partial charge is 0.480 e. The van der Waals surface area contributed by atoms with Gasteiger partial charge in [0, 0.05) is 17.2 Å². The predicted octanol–water partition coefficient (Wildman–Crippen LogP) is 0.222. The Morgan fingerprint density at radius 3 is 2.50 bits per heavy atom. The molecule has 0 spiro atoms. The van der Waals surface area contributed by atoms with Gasteiger partial charge in [-0.15, -0.1) is 0 Å². The van der Waals surface area contributed by atoms with Crippen LogP contribution in [0.2, 0.25) is 0 Å². The molecule has 0 heterocycles. The fraction of sp³-hybridized carbons (Fsp3) is 0.308. The molecule has 0 unspecified atom stereocenters. The van der Waals surface area contributed by atoms with Crippen molar-refractivity contribution in [2.75, 3.05) is 6.54 Å². The van der Waals surface area contributed by atoms with Crippen molar-refractivity contribution in [2.45, 2.75) is 19.9 Å². The molecule has 0 saturated heterocycles. The number of nitro benzene ring substituents is 1. The maximum atomic E-state index is 11.8. The molecule has 0 aliphatic heterocycles. The lowest BCUT2D eigenvalue weighted by Crippen LogP contribution is -2.44. The fourth-order valence-corrected chi connectivity index (χ4v) is 1.62. The smallest absolute Gasteiger partial charge is 0.325 e. The number of nitro groups is 1. The first-order chi connectivity index (χ1) is 10.2. The van der Waals surface area contributed by atoms with Crippen LogP contribution in [-0.4, -0.2) is 40.4 Å². The molecule has 3 N–H and O–H groups in total. The Hall–Kier alpha value is -2.97. The summed E-state index contributed by atoms with van der Waals surface area (Å²) in [6.45, 7) is 2.39. The summed E-state index contributed by atoms with van der Waals surface area (Å²) in [6.07, 6.45) is 0. The molecule has 2 amide bonds. The number of hydrogen-bond acceptors (Lipinski definition) is 5. The zero-order valence-corrected chi connectivity index (χ0v) is 12.0. The lowest BCUT2D eigenvalue weighted by Gasteiger charge is -2.10. The first kappa shape index (κ1) is 17.1.